The molecular weight excluding hydrogens is 353 g/mol. The van der Waals surface area contributed by atoms with Gasteiger partial charge in [0.25, 0.3) is 5.91 Å². The van der Waals surface area contributed by atoms with Gasteiger partial charge in [0.15, 0.2) is 5.69 Å². The number of carbonyl (C=O) groups excluding carboxylic acids is 1. The number of para-hydroxylation sites is 1. The summed E-state index contributed by atoms with van der Waals surface area (Å²) in [5.74, 6) is -0.492. The van der Waals surface area contributed by atoms with Crippen LogP contribution < -0.4 is 0 Å². The minimum absolute atomic E-state index is 0.146. The van der Waals surface area contributed by atoms with Gasteiger partial charge in [-0.2, -0.15) is 5.10 Å². The Morgan fingerprint density at radius 2 is 1.88 bits per heavy atom. The predicted octanol–water partition coefficient (Wildman–Crippen LogP) is 4.47. The van der Waals surface area contributed by atoms with E-state index in [0.717, 1.165) is 12.8 Å². The summed E-state index contributed by atoms with van der Waals surface area (Å²) in [5, 5.41) is 4.94. The zero-order chi connectivity index (χ0) is 18.1. The molecule has 26 heavy (non-hydrogen) atoms. The van der Waals surface area contributed by atoms with Gasteiger partial charge in [0, 0.05) is 24.3 Å². The molecule has 3 aromatic rings. The van der Waals surface area contributed by atoms with Crippen LogP contribution in [0.15, 0.2) is 60.8 Å². The van der Waals surface area contributed by atoms with Crippen molar-refractivity contribution in [2.24, 2.45) is 0 Å². The first kappa shape index (κ1) is 16.8. The average molecular weight is 370 g/mol. The van der Waals surface area contributed by atoms with Crippen molar-refractivity contribution in [1.29, 1.82) is 0 Å². The molecule has 1 saturated carbocycles. The van der Waals surface area contributed by atoms with Crippen molar-refractivity contribution in [1.82, 2.24) is 14.7 Å². The molecule has 0 aliphatic heterocycles. The average Bonchev–Trinajstić information content (AvgIpc) is 3.37. The van der Waals surface area contributed by atoms with Crippen LogP contribution in [0.4, 0.5) is 4.39 Å². The highest BCUT2D eigenvalue weighted by Crippen LogP contribution is 2.30. The Balaban J connectivity index is 1.59. The molecule has 1 aliphatic carbocycles. The van der Waals surface area contributed by atoms with Gasteiger partial charge in [-0.25, -0.2) is 9.07 Å². The molecule has 0 saturated heterocycles. The number of amides is 1. The summed E-state index contributed by atoms with van der Waals surface area (Å²) in [4.78, 5) is 14.7. The van der Waals surface area contributed by atoms with E-state index in [4.69, 9.17) is 11.6 Å². The smallest absolute Gasteiger partial charge is 0.274 e. The first-order valence-electron chi connectivity index (χ1n) is 8.48. The van der Waals surface area contributed by atoms with Crippen molar-refractivity contribution in [3.8, 4) is 5.69 Å². The number of rotatable bonds is 5. The Morgan fingerprint density at radius 1 is 1.15 bits per heavy atom. The molecule has 6 heteroatoms. The highest BCUT2D eigenvalue weighted by molar-refractivity contribution is 6.32. The lowest BCUT2D eigenvalue weighted by Gasteiger charge is -2.21. The highest BCUT2D eigenvalue weighted by atomic mass is 35.5. The van der Waals surface area contributed by atoms with Gasteiger partial charge < -0.3 is 4.90 Å². The van der Waals surface area contributed by atoms with Crippen LogP contribution in [0, 0.1) is 5.82 Å². The molecular formula is C20H17ClFN3O. The Labute approximate surface area is 155 Å². The third-order valence-electron chi connectivity index (χ3n) is 4.45. The summed E-state index contributed by atoms with van der Waals surface area (Å²) in [7, 11) is 0. The minimum atomic E-state index is -0.299. The van der Waals surface area contributed by atoms with Gasteiger partial charge in [0.1, 0.15) is 5.82 Å². The number of nitrogens with zero attached hydrogens (tertiary/aromatic N) is 3. The Bertz CT molecular complexity index is 951. The number of hydrogen-bond donors (Lipinski definition) is 0. The maximum atomic E-state index is 14.0. The summed E-state index contributed by atoms with van der Waals surface area (Å²) in [6.07, 6.45) is 3.58. The van der Waals surface area contributed by atoms with Crippen LogP contribution in [0.2, 0.25) is 5.02 Å². The maximum absolute atomic E-state index is 14.0. The summed E-state index contributed by atoms with van der Waals surface area (Å²) < 4.78 is 15.6. The number of carbonyl (C=O) groups is 1. The van der Waals surface area contributed by atoms with E-state index < -0.39 is 0 Å². The second kappa shape index (κ2) is 6.92. The van der Waals surface area contributed by atoms with E-state index >= 15 is 0 Å². The van der Waals surface area contributed by atoms with Crippen molar-refractivity contribution >= 4 is 17.5 Å². The fraction of sp³-hybridized carbons (Fsp3) is 0.200. The summed E-state index contributed by atoms with van der Waals surface area (Å²) in [6.45, 7) is 0.245. The monoisotopic (exact) mass is 369 g/mol. The first-order valence-corrected chi connectivity index (χ1v) is 8.86. The first-order chi connectivity index (χ1) is 12.6. The largest absolute Gasteiger partial charge is 0.330 e. The molecule has 1 aliphatic rings. The van der Waals surface area contributed by atoms with E-state index in [9.17, 15) is 9.18 Å². The molecule has 0 N–H and O–H groups in total. The lowest BCUT2D eigenvalue weighted by Crippen LogP contribution is -2.33. The van der Waals surface area contributed by atoms with Gasteiger partial charge in [-0.3, -0.25) is 4.79 Å². The standard InChI is InChI=1S/C20H17ClFN3O/c21-16-6-2-4-8-19(16)25-12-11-18(23-25)20(26)24(15-9-10-15)13-14-5-1-3-7-17(14)22/h1-8,11-12,15H,9-10,13H2. The normalized spacial score (nSPS) is 13.6. The van der Waals surface area contributed by atoms with Crippen LogP contribution in [0.25, 0.3) is 5.69 Å². The molecule has 0 unspecified atom stereocenters. The van der Waals surface area contributed by atoms with Crippen LogP contribution >= 0.6 is 11.6 Å². The van der Waals surface area contributed by atoms with Gasteiger partial charge >= 0.3 is 0 Å². The van der Waals surface area contributed by atoms with Crippen molar-refractivity contribution in [2.45, 2.75) is 25.4 Å². The molecule has 0 radical (unpaired) electrons. The topological polar surface area (TPSA) is 38.1 Å². The second-order valence-electron chi connectivity index (χ2n) is 6.35. The zero-order valence-corrected chi connectivity index (χ0v) is 14.7. The van der Waals surface area contributed by atoms with Crippen LogP contribution in [0.3, 0.4) is 0 Å². The summed E-state index contributed by atoms with van der Waals surface area (Å²) in [5.41, 5.74) is 1.55. The molecule has 1 amide bonds. The number of benzene rings is 2. The molecule has 4 nitrogen and oxygen atoms in total. The number of hydrogen-bond acceptors (Lipinski definition) is 2. The fourth-order valence-electron chi connectivity index (χ4n) is 2.92. The Hall–Kier alpha value is -2.66. The zero-order valence-electron chi connectivity index (χ0n) is 14.0. The van der Waals surface area contributed by atoms with Crippen LogP contribution in [0.1, 0.15) is 28.9 Å². The van der Waals surface area contributed by atoms with Crippen LogP contribution in [-0.4, -0.2) is 26.6 Å². The molecule has 0 spiro atoms. The van der Waals surface area contributed by atoms with Crippen molar-refractivity contribution in [3.63, 3.8) is 0 Å². The quantitative estimate of drug-likeness (QED) is 0.665. The molecule has 132 valence electrons. The molecule has 1 fully saturated rings. The molecule has 1 heterocycles. The molecule has 4 rings (SSSR count). The molecule has 1 aromatic heterocycles. The van der Waals surface area contributed by atoms with E-state index in [1.54, 1.807) is 46.1 Å². The maximum Gasteiger partial charge on any atom is 0.274 e. The van der Waals surface area contributed by atoms with E-state index in [2.05, 4.69) is 5.10 Å². The molecule has 0 atom stereocenters. The number of halogens is 2. The van der Waals surface area contributed by atoms with Crippen molar-refractivity contribution < 1.29 is 9.18 Å². The lowest BCUT2D eigenvalue weighted by atomic mass is 10.2. The van der Waals surface area contributed by atoms with Gasteiger partial charge in [-0.15, -0.1) is 0 Å². The van der Waals surface area contributed by atoms with Crippen LogP contribution in [0.5, 0.6) is 0 Å². The highest BCUT2D eigenvalue weighted by Gasteiger charge is 2.34. The van der Waals surface area contributed by atoms with Gasteiger partial charge in [0.2, 0.25) is 0 Å². The van der Waals surface area contributed by atoms with E-state index in [0.29, 0.717) is 22.0 Å². The van der Waals surface area contributed by atoms with E-state index in [1.807, 2.05) is 18.2 Å². The predicted molar refractivity (Wildman–Crippen MR) is 97.9 cm³/mol. The van der Waals surface area contributed by atoms with Crippen LogP contribution in [-0.2, 0) is 6.54 Å². The fourth-order valence-corrected chi connectivity index (χ4v) is 3.14. The second-order valence-corrected chi connectivity index (χ2v) is 6.76. The lowest BCUT2D eigenvalue weighted by molar-refractivity contribution is 0.0722. The van der Waals surface area contributed by atoms with Crippen molar-refractivity contribution in [3.05, 3.63) is 82.9 Å². The minimum Gasteiger partial charge on any atom is -0.330 e. The van der Waals surface area contributed by atoms with Gasteiger partial charge in [-0.05, 0) is 37.1 Å². The SMILES string of the molecule is O=C(c1ccn(-c2ccccc2Cl)n1)N(Cc1ccccc1F)C1CC1. The Morgan fingerprint density at radius 3 is 2.62 bits per heavy atom. The number of aromatic nitrogens is 2. The van der Waals surface area contributed by atoms with E-state index in [-0.39, 0.29) is 24.3 Å². The molecule has 2 aromatic carbocycles. The van der Waals surface area contributed by atoms with Gasteiger partial charge in [0.05, 0.1) is 10.7 Å². The summed E-state index contributed by atoms with van der Waals surface area (Å²) in [6, 6.07) is 15.7. The molecule has 0 bridgehead atoms. The van der Waals surface area contributed by atoms with Crippen molar-refractivity contribution in [2.75, 3.05) is 0 Å². The van der Waals surface area contributed by atoms with Gasteiger partial charge in [-0.1, -0.05) is 41.9 Å². The van der Waals surface area contributed by atoms with E-state index in [1.165, 1.54) is 6.07 Å². The third-order valence-corrected chi connectivity index (χ3v) is 4.77. The third kappa shape index (κ3) is 3.35. The summed E-state index contributed by atoms with van der Waals surface area (Å²) >= 11 is 6.20. The Kier molecular flexibility index (Phi) is 4.47.